The van der Waals surface area contributed by atoms with Crippen LogP contribution in [0.2, 0.25) is 0 Å². The van der Waals surface area contributed by atoms with Gasteiger partial charge in [0.1, 0.15) is 65.3 Å². The van der Waals surface area contributed by atoms with E-state index in [1.165, 1.54) is 47.9 Å². The molecule has 2 fully saturated rings. The maximum Gasteiger partial charge on any atom is 0.340 e. The maximum atomic E-state index is 15.0. The van der Waals surface area contributed by atoms with Gasteiger partial charge in [-0.3, -0.25) is 33.6 Å². The van der Waals surface area contributed by atoms with Crippen LogP contribution in [0.3, 0.4) is 0 Å². The van der Waals surface area contributed by atoms with E-state index in [-0.39, 0.29) is 59.6 Å². The number of unbranched alkanes of at least 4 members (excludes halogenated alkanes) is 1. The Morgan fingerprint density at radius 1 is 0.709 bits per heavy atom. The van der Waals surface area contributed by atoms with Gasteiger partial charge in [-0.1, -0.05) is 74.4 Å². The number of phenols is 2. The highest BCUT2D eigenvalue weighted by atomic mass is 32.1. The number of hydrogen-bond donors (Lipinski definition) is 10. The van der Waals surface area contributed by atoms with Crippen LogP contribution < -0.4 is 42.4 Å². The molecule has 7 amide bonds. The van der Waals surface area contributed by atoms with E-state index >= 15 is 0 Å². The second-order valence-electron chi connectivity index (χ2n) is 22.2. The molecule has 4 aliphatic rings. The Morgan fingerprint density at radius 3 is 2.03 bits per heavy atom. The number of aromatic hydroxyl groups is 2. The lowest BCUT2D eigenvalue weighted by Gasteiger charge is -2.36. The molecule has 0 unspecified atom stereocenters. The van der Waals surface area contributed by atoms with Crippen LogP contribution in [0, 0.1) is 0 Å². The summed E-state index contributed by atoms with van der Waals surface area (Å²) >= 11 is 5.61. The third-order valence-corrected chi connectivity index (χ3v) is 16.5. The average Bonchev–Trinajstić information content (AvgIpc) is 1.64. The number of thiocarbonyl (C=S) groups is 1. The van der Waals surface area contributed by atoms with E-state index in [4.69, 9.17) is 27.4 Å². The van der Waals surface area contributed by atoms with Crippen molar-refractivity contribution in [3.8, 4) is 23.0 Å². The summed E-state index contributed by atoms with van der Waals surface area (Å²) in [4.78, 5) is 118. The van der Waals surface area contributed by atoms with Crippen molar-refractivity contribution in [3.63, 3.8) is 0 Å². The van der Waals surface area contributed by atoms with Gasteiger partial charge in [0.25, 0.3) is 0 Å². The fourth-order valence-corrected chi connectivity index (χ4v) is 12.2. The number of aromatic nitrogens is 1. The van der Waals surface area contributed by atoms with Crippen LogP contribution in [-0.2, 0) is 56.7 Å². The number of primary amides is 1. The van der Waals surface area contributed by atoms with E-state index in [1.54, 1.807) is 48.7 Å². The summed E-state index contributed by atoms with van der Waals surface area (Å²) in [5.41, 5.74) is 8.28. The third-order valence-electron chi connectivity index (χ3n) is 16.3. The fourth-order valence-electron chi connectivity index (χ4n) is 11.9. The minimum absolute atomic E-state index is 0.00117. The number of ether oxygens (including phenoxy) is 2. The number of aromatic amines is 1. The smallest absolute Gasteiger partial charge is 0.340 e. The van der Waals surface area contributed by atoms with E-state index in [9.17, 15) is 48.6 Å². The highest BCUT2D eigenvalue weighted by molar-refractivity contribution is 7.80. The topological polar surface area (TPSA) is 316 Å². The molecule has 0 saturated carbocycles. The monoisotopic (exact) mass is 1190 g/mol. The molecule has 23 heteroatoms. The normalized spacial score (nSPS) is 18.0. The Bertz CT molecular complexity index is 3600. The van der Waals surface area contributed by atoms with Crippen molar-refractivity contribution < 1.29 is 58.0 Å². The number of para-hydroxylation sites is 1. The fraction of sp³-hybridized carbons (Fsp3) is 0.349. The van der Waals surface area contributed by atoms with Crippen molar-refractivity contribution in [2.75, 3.05) is 18.4 Å². The lowest BCUT2D eigenvalue weighted by atomic mass is 9.77. The Labute approximate surface area is 500 Å². The second-order valence-corrected chi connectivity index (χ2v) is 22.6. The van der Waals surface area contributed by atoms with Gasteiger partial charge in [-0.2, -0.15) is 0 Å². The molecule has 0 bridgehead atoms. The Hall–Kier alpha value is -9.51. The highest BCUT2D eigenvalue weighted by Crippen LogP contribution is 2.57. The first kappa shape index (κ1) is 59.6. The van der Waals surface area contributed by atoms with Crippen molar-refractivity contribution in [3.05, 3.63) is 149 Å². The van der Waals surface area contributed by atoms with Gasteiger partial charge >= 0.3 is 5.97 Å². The SMILES string of the molecule is CCCC[C@H](NC(=O)[C@@H]1CCCN1C(=O)[C@H]1CCCN1C(=O)[C@H](Cc1ccccc1)NC(=O)[C@@H](Cc1c[nH]c2ccccc12)NC(=O)[C@H](C)NC(=O)[C@H](C)NC(=S)Nc1ccc2c(c1)C(=O)OC21c2ccc(O)cc2Oc2cc(O)ccc21)C(N)=O. The van der Waals surface area contributed by atoms with Crippen molar-refractivity contribution in [2.45, 2.75) is 126 Å². The van der Waals surface area contributed by atoms with Crippen molar-refractivity contribution >= 4 is 81.2 Å². The minimum Gasteiger partial charge on any atom is -0.508 e. The van der Waals surface area contributed by atoms with Crippen molar-refractivity contribution in [2.24, 2.45) is 5.73 Å². The van der Waals surface area contributed by atoms with E-state index < -0.39 is 95.2 Å². The Balaban J connectivity index is 0.815. The molecule has 5 heterocycles. The summed E-state index contributed by atoms with van der Waals surface area (Å²) in [7, 11) is 0. The van der Waals surface area contributed by atoms with E-state index in [2.05, 4.69) is 36.9 Å². The first-order chi connectivity index (χ1) is 41.3. The van der Waals surface area contributed by atoms with Crippen LogP contribution in [0.5, 0.6) is 23.0 Å². The predicted molar refractivity (Wildman–Crippen MR) is 321 cm³/mol. The van der Waals surface area contributed by atoms with Gasteiger partial charge in [0.2, 0.25) is 41.4 Å². The van der Waals surface area contributed by atoms with Crippen LogP contribution in [0.1, 0.15) is 104 Å². The van der Waals surface area contributed by atoms with Crippen molar-refractivity contribution in [1.29, 1.82) is 0 Å². The number of nitrogens with zero attached hydrogens (tertiary/aromatic N) is 2. The number of carbonyl (C=O) groups excluding carboxylic acids is 8. The summed E-state index contributed by atoms with van der Waals surface area (Å²) in [6.07, 6.45) is 5.27. The number of phenolic OH excluding ortho intramolecular Hbond substituents is 2. The molecule has 6 aromatic rings. The number of anilines is 1. The predicted octanol–water partition coefficient (Wildman–Crippen LogP) is 4.92. The lowest BCUT2D eigenvalue weighted by molar-refractivity contribution is -0.148. The molecule has 22 nitrogen and oxygen atoms in total. The van der Waals surface area contributed by atoms with Crippen LogP contribution in [-0.4, -0.2) is 133 Å². The quantitative estimate of drug-likeness (QED) is 0.0358. The molecule has 11 N–H and O–H groups in total. The molecular weight excluding hydrogens is 1120 g/mol. The van der Waals surface area contributed by atoms with Gasteiger partial charge in [0, 0.05) is 77.5 Å². The average molecular weight is 1190 g/mol. The number of amides is 7. The zero-order valence-corrected chi connectivity index (χ0v) is 48.5. The molecule has 7 atom stereocenters. The standard InChI is InChI=1S/C63H68N10O12S/c1-4-5-16-47(54(64)76)69-58(80)50-18-11-26-72(50)60(82)51-19-12-27-73(51)59(81)49(28-36-13-7-6-8-14-36)71-57(79)48(29-37-33-65-46-17-10-9-15-41(37)46)70-56(78)34(2)66-55(77)35(3)67-62(86)68-38-20-23-43-42(30-38)61(83)85-63(43)44-24-21-39(74)31-52(44)84-53-32-40(75)22-25-45(53)63/h6-10,13-15,17,20-25,30-35,47-51,65,74-75H,4-5,11-12,16,18-19,26-29H2,1-3H3,(H2,64,76)(H,66,77)(H,69,80)(H,70,78)(H,71,79)(H2,67,68,86)/t34-,35-,47-,48+,49-,50-,51+/m0/s1. The molecule has 0 radical (unpaired) electrons. The molecule has 4 aliphatic heterocycles. The molecular formula is C63H68N10O12S. The summed E-state index contributed by atoms with van der Waals surface area (Å²) < 4.78 is 12.2. The summed E-state index contributed by atoms with van der Waals surface area (Å²) in [6.45, 7) is 5.42. The number of likely N-dealkylation sites (tertiary alicyclic amines) is 2. The van der Waals surface area contributed by atoms with E-state index in [0.717, 1.165) is 17.3 Å². The third kappa shape index (κ3) is 12.3. The number of rotatable bonds is 20. The molecule has 0 aliphatic carbocycles. The van der Waals surface area contributed by atoms with Gasteiger partial charge < -0.3 is 72.1 Å². The highest BCUT2D eigenvalue weighted by Gasteiger charge is 2.54. The van der Waals surface area contributed by atoms with E-state index in [1.807, 2.05) is 49.4 Å². The number of esters is 1. The summed E-state index contributed by atoms with van der Waals surface area (Å²) in [6, 6.07) is 22.9. The maximum absolute atomic E-state index is 15.0. The van der Waals surface area contributed by atoms with Gasteiger partial charge in [-0.15, -0.1) is 0 Å². The van der Waals surface area contributed by atoms with Crippen LogP contribution in [0.15, 0.2) is 115 Å². The van der Waals surface area contributed by atoms with Gasteiger partial charge in [-0.25, -0.2) is 4.79 Å². The summed E-state index contributed by atoms with van der Waals surface area (Å²) in [5, 5.41) is 38.5. The number of H-pyrrole nitrogens is 1. The molecule has 5 aromatic carbocycles. The van der Waals surface area contributed by atoms with Gasteiger partial charge in [-0.05, 0) is 112 Å². The Morgan fingerprint density at radius 2 is 1.34 bits per heavy atom. The molecule has 1 spiro atoms. The molecule has 448 valence electrons. The first-order valence-electron chi connectivity index (χ1n) is 28.8. The number of nitrogens with two attached hydrogens (primary N) is 1. The molecule has 1 aromatic heterocycles. The molecule has 86 heavy (non-hydrogen) atoms. The molecule has 2 saturated heterocycles. The van der Waals surface area contributed by atoms with Crippen LogP contribution in [0.25, 0.3) is 10.9 Å². The van der Waals surface area contributed by atoms with Gasteiger partial charge in [0.05, 0.1) is 5.56 Å². The largest absolute Gasteiger partial charge is 0.508 e. The van der Waals surface area contributed by atoms with Crippen LogP contribution in [0.4, 0.5) is 5.69 Å². The van der Waals surface area contributed by atoms with Crippen LogP contribution >= 0.6 is 12.2 Å². The number of hydrogen-bond acceptors (Lipinski definition) is 13. The summed E-state index contributed by atoms with van der Waals surface area (Å²) in [5.74, 6) is -4.50. The number of nitrogens with one attached hydrogen (secondary N) is 7. The van der Waals surface area contributed by atoms with E-state index in [0.29, 0.717) is 72.0 Å². The zero-order valence-electron chi connectivity index (χ0n) is 47.6. The van der Waals surface area contributed by atoms with Crippen molar-refractivity contribution in [1.82, 2.24) is 41.4 Å². The number of benzene rings is 5. The number of carbonyl (C=O) groups is 8. The first-order valence-corrected chi connectivity index (χ1v) is 29.2. The van der Waals surface area contributed by atoms with Gasteiger partial charge in [0.15, 0.2) is 10.7 Å². The molecule has 10 rings (SSSR count). The second kappa shape index (κ2) is 25.4. The lowest BCUT2D eigenvalue weighted by Crippen LogP contribution is -2.60. The number of fused-ring (bicyclic) bond motifs is 7. The minimum atomic E-state index is -1.48. The zero-order chi connectivity index (χ0) is 61.0. The Kier molecular flexibility index (Phi) is 17.6.